The number of nitrogens with zero attached hydrogens (tertiary/aromatic N) is 5. The third-order valence-corrected chi connectivity index (χ3v) is 7.20. The van der Waals surface area contributed by atoms with Crippen LogP contribution < -0.4 is 15.0 Å². The molecule has 0 amide bonds. The van der Waals surface area contributed by atoms with Crippen LogP contribution in [0.15, 0.2) is 49.3 Å². The number of piperidine rings is 1. The van der Waals surface area contributed by atoms with Gasteiger partial charge in [-0.05, 0) is 63.3 Å². The van der Waals surface area contributed by atoms with Crippen LogP contribution >= 0.6 is 0 Å². The number of pyridine rings is 2. The number of anilines is 1. The number of nitrogens with one attached hydrogen (secondary N) is 1. The van der Waals surface area contributed by atoms with E-state index in [9.17, 15) is 0 Å². The molecule has 1 aliphatic heterocycles. The molecule has 1 aliphatic carbocycles. The van der Waals surface area contributed by atoms with Gasteiger partial charge in [0.05, 0.1) is 48.9 Å². The van der Waals surface area contributed by atoms with Gasteiger partial charge in [-0.25, -0.2) is 4.98 Å². The van der Waals surface area contributed by atoms with Crippen LogP contribution in [-0.2, 0) is 0 Å². The molecule has 7 nitrogen and oxygen atoms in total. The quantitative estimate of drug-likeness (QED) is 0.556. The molecule has 5 rings (SSSR count). The highest BCUT2D eigenvalue weighted by molar-refractivity contribution is 5.58. The van der Waals surface area contributed by atoms with Crippen molar-refractivity contribution in [1.82, 2.24) is 24.8 Å². The molecule has 1 N–H and O–H groups in total. The Hall–Kier alpha value is -2.93. The summed E-state index contributed by atoms with van der Waals surface area (Å²) in [5.74, 6) is 1.64. The Morgan fingerprint density at radius 2 is 2.03 bits per heavy atom. The van der Waals surface area contributed by atoms with Crippen LogP contribution in [0.25, 0.3) is 11.3 Å². The molecule has 2 atom stereocenters. The summed E-state index contributed by atoms with van der Waals surface area (Å²) in [7, 11) is 1.65. The number of ether oxygens (including phenoxy) is 1. The monoisotopic (exact) mass is 446 g/mol. The summed E-state index contributed by atoms with van der Waals surface area (Å²) in [4.78, 5) is 16.1. The van der Waals surface area contributed by atoms with E-state index < -0.39 is 0 Å². The van der Waals surface area contributed by atoms with E-state index >= 15 is 0 Å². The smallest absolute Gasteiger partial charge is 0.137 e. The molecule has 3 aromatic heterocycles. The minimum atomic E-state index is 0.0946. The van der Waals surface area contributed by atoms with Gasteiger partial charge in [-0.3, -0.25) is 9.97 Å². The van der Waals surface area contributed by atoms with Crippen LogP contribution in [0.5, 0.6) is 5.75 Å². The van der Waals surface area contributed by atoms with Crippen LogP contribution in [0.3, 0.4) is 0 Å². The van der Waals surface area contributed by atoms with Crippen molar-refractivity contribution in [3.8, 4) is 17.0 Å². The van der Waals surface area contributed by atoms with Gasteiger partial charge in [0.1, 0.15) is 5.75 Å². The maximum atomic E-state index is 5.28. The molecule has 4 heterocycles. The van der Waals surface area contributed by atoms with E-state index in [0.717, 1.165) is 41.7 Å². The van der Waals surface area contributed by atoms with E-state index in [1.54, 1.807) is 19.5 Å². The second kappa shape index (κ2) is 9.91. The van der Waals surface area contributed by atoms with Gasteiger partial charge in [0.15, 0.2) is 0 Å². The van der Waals surface area contributed by atoms with E-state index in [1.165, 1.54) is 44.3 Å². The maximum Gasteiger partial charge on any atom is 0.137 e. The second-order valence-electron chi connectivity index (χ2n) is 9.43. The van der Waals surface area contributed by atoms with E-state index in [0.29, 0.717) is 6.04 Å². The molecule has 0 spiro atoms. The lowest BCUT2D eigenvalue weighted by Gasteiger charge is -2.36. The van der Waals surface area contributed by atoms with Crippen LogP contribution in [0.2, 0.25) is 0 Å². The predicted octanol–water partition coefficient (Wildman–Crippen LogP) is 4.32. The third kappa shape index (κ3) is 5.03. The molecule has 0 radical (unpaired) electrons. The van der Waals surface area contributed by atoms with Gasteiger partial charge in [-0.2, -0.15) is 0 Å². The molecule has 0 bridgehead atoms. The summed E-state index contributed by atoms with van der Waals surface area (Å²) in [6.07, 6.45) is 16.2. The molecular formula is C26H34N6O. The molecule has 2 unspecified atom stereocenters. The topological polar surface area (TPSA) is 68.1 Å². The van der Waals surface area contributed by atoms with Crippen molar-refractivity contribution in [1.29, 1.82) is 0 Å². The molecule has 2 fully saturated rings. The van der Waals surface area contributed by atoms with Gasteiger partial charge in [0.25, 0.3) is 0 Å². The van der Waals surface area contributed by atoms with Crippen molar-refractivity contribution < 1.29 is 4.74 Å². The van der Waals surface area contributed by atoms with Crippen molar-refractivity contribution in [3.63, 3.8) is 0 Å². The van der Waals surface area contributed by atoms with E-state index in [4.69, 9.17) is 9.72 Å². The lowest BCUT2D eigenvalue weighted by atomic mass is 9.85. The Bertz CT molecular complexity index is 1040. The zero-order valence-corrected chi connectivity index (χ0v) is 19.7. The lowest BCUT2D eigenvalue weighted by molar-refractivity contribution is 0.280. The Labute approximate surface area is 196 Å². The normalized spacial score (nSPS) is 19.8. The predicted molar refractivity (Wildman–Crippen MR) is 131 cm³/mol. The number of hydrogen-bond acceptors (Lipinski definition) is 6. The fourth-order valence-corrected chi connectivity index (χ4v) is 4.76. The molecular weight excluding hydrogens is 412 g/mol. The van der Waals surface area contributed by atoms with Crippen molar-refractivity contribution in [3.05, 3.63) is 55.0 Å². The molecule has 7 heteroatoms. The molecule has 174 valence electrons. The van der Waals surface area contributed by atoms with E-state index in [-0.39, 0.29) is 6.04 Å². The van der Waals surface area contributed by atoms with Crippen molar-refractivity contribution >= 4 is 5.69 Å². The first kappa shape index (κ1) is 21.9. The van der Waals surface area contributed by atoms with Crippen molar-refractivity contribution in [2.24, 2.45) is 5.92 Å². The summed E-state index contributed by atoms with van der Waals surface area (Å²) < 4.78 is 7.38. The number of hydrogen-bond donors (Lipinski definition) is 1. The van der Waals surface area contributed by atoms with Crippen molar-refractivity contribution in [2.75, 3.05) is 31.6 Å². The van der Waals surface area contributed by atoms with E-state index in [1.807, 2.05) is 24.8 Å². The SMILES string of the molecule is COc1cncc(-c2cn(C(C)c3ccc(N4CCCC(NCC5CCC5)C4)cn3)cn2)c1. The highest BCUT2D eigenvalue weighted by Gasteiger charge is 2.23. The van der Waals surface area contributed by atoms with Crippen LogP contribution in [0, 0.1) is 5.92 Å². The summed E-state index contributed by atoms with van der Waals surface area (Å²) >= 11 is 0. The zero-order valence-electron chi connectivity index (χ0n) is 19.7. The Balaban J connectivity index is 1.22. The molecule has 1 saturated heterocycles. The standard InChI is InChI=1S/C26H34N6O/c1-19(32-17-26(30-18-32)21-11-24(33-2)15-27-13-21)25-9-8-23(14-29-25)31-10-4-7-22(16-31)28-12-20-5-3-6-20/h8-9,11,13-15,17-20,22,28H,3-7,10,12,16H2,1-2H3. The Morgan fingerprint density at radius 1 is 1.12 bits per heavy atom. The molecule has 1 saturated carbocycles. The largest absolute Gasteiger partial charge is 0.495 e. The first-order valence-electron chi connectivity index (χ1n) is 12.2. The fourth-order valence-electron chi connectivity index (χ4n) is 4.76. The Morgan fingerprint density at radius 3 is 2.79 bits per heavy atom. The number of imidazole rings is 1. The average Bonchev–Trinajstić information content (AvgIpc) is 3.33. The van der Waals surface area contributed by atoms with Crippen molar-refractivity contribution in [2.45, 2.75) is 51.1 Å². The maximum absolute atomic E-state index is 5.28. The highest BCUT2D eigenvalue weighted by Crippen LogP contribution is 2.27. The van der Waals surface area contributed by atoms with Gasteiger partial charge in [-0.1, -0.05) is 6.42 Å². The van der Waals surface area contributed by atoms with Gasteiger partial charge >= 0.3 is 0 Å². The summed E-state index contributed by atoms with van der Waals surface area (Å²) in [6.45, 7) is 5.52. The zero-order chi connectivity index (χ0) is 22.6. The van der Waals surface area contributed by atoms with E-state index in [2.05, 4.69) is 43.8 Å². The summed E-state index contributed by atoms with van der Waals surface area (Å²) in [5, 5.41) is 3.81. The van der Waals surface area contributed by atoms with Crippen LogP contribution in [-0.4, -0.2) is 52.3 Å². The average molecular weight is 447 g/mol. The molecule has 0 aromatic carbocycles. The molecule has 2 aliphatic rings. The number of methoxy groups -OCH3 is 1. The fraction of sp³-hybridized carbons (Fsp3) is 0.500. The molecule has 33 heavy (non-hydrogen) atoms. The first-order valence-corrected chi connectivity index (χ1v) is 12.2. The minimum absolute atomic E-state index is 0.0946. The first-order chi connectivity index (χ1) is 16.2. The number of aromatic nitrogens is 4. The third-order valence-electron chi connectivity index (χ3n) is 7.20. The minimum Gasteiger partial charge on any atom is -0.495 e. The Kier molecular flexibility index (Phi) is 6.58. The van der Waals surface area contributed by atoms with Gasteiger partial charge < -0.3 is 19.5 Å². The van der Waals surface area contributed by atoms with Crippen LogP contribution in [0.1, 0.15) is 50.8 Å². The highest BCUT2D eigenvalue weighted by atomic mass is 16.5. The lowest BCUT2D eigenvalue weighted by Crippen LogP contribution is -2.47. The summed E-state index contributed by atoms with van der Waals surface area (Å²) in [5.41, 5.74) is 4.06. The van der Waals surface area contributed by atoms with Gasteiger partial charge in [0, 0.05) is 37.1 Å². The van der Waals surface area contributed by atoms with Gasteiger partial charge in [-0.15, -0.1) is 0 Å². The summed E-state index contributed by atoms with van der Waals surface area (Å²) in [6, 6.07) is 7.00. The molecule has 3 aromatic rings. The van der Waals surface area contributed by atoms with Gasteiger partial charge in [0.2, 0.25) is 0 Å². The number of rotatable bonds is 8. The second-order valence-corrected chi connectivity index (χ2v) is 9.43. The van der Waals surface area contributed by atoms with Crippen LogP contribution in [0.4, 0.5) is 5.69 Å².